The molecule has 0 radical (unpaired) electrons. The Kier molecular flexibility index (Phi) is 9.07. The normalized spacial score (nSPS) is 29.0. The standard InChI is InChI=1S/C16H29N3O.2ClH/c20-16(7-6-14-5-4-9-17-14)19-12-8-15(13-19)18-10-2-1-3-11-18;;/h14-15,17H,1-13H2;2*1H. The van der Waals surface area contributed by atoms with Crippen LogP contribution < -0.4 is 5.32 Å². The molecule has 4 nitrogen and oxygen atoms in total. The van der Waals surface area contributed by atoms with E-state index in [1.165, 1.54) is 51.6 Å². The van der Waals surface area contributed by atoms with Crippen LogP contribution in [0.5, 0.6) is 0 Å². The molecule has 3 heterocycles. The van der Waals surface area contributed by atoms with E-state index in [0.717, 1.165) is 32.5 Å². The second-order valence-corrected chi connectivity index (χ2v) is 6.71. The molecule has 3 aliphatic rings. The van der Waals surface area contributed by atoms with Gasteiger partial charge >= 0.3 is 0 Å². The zero-order valence-electron chi connectivity index (χ0n) is 13.5. The molecule has 0 bridgehead atoms. The minimum absolute atomic E-state index is 0. The van der Waals surface area contributed by atoms with Crippen molar-refractivity contribution in [2.45, 2.75) is 63.5 Å². The van der Waals surface area contributed by atoms with Gasteiger partial charge in [-0.25, -0.2) is 0 Å². The number of likely N-dealkylation sites (tertiary alicyclic amines) is 2. The third-order valence-corrected chi connectivity index (χ3v) is 5.29. The van der Waals surface area contributed by atoms with Crippen LogP contribution in [-0.2, 0) is 4.79 Å². The lowest BCUT2D eigenvalue weighted by Crippen LogP contribution is -2.41. The molecule has 0 spiro atoms. The fraction of sp³-hybridized carbons (Fsp3) is 0.938. The van der Waals surface area contributed by atoms with Crippen LogP contribution in [-0.4, -0.2) is 60.5 Å². The summed E-state index contributed by atoms with van der Waals surface area (Å²) in [5, 5.41) is 3.48. The van der Waals surface area contributed by atoms with Crippen LogP contribution in [0.3, 0.4) is 0 Å². The summed E-state index contributed by atoms with van der Waals surface area (Å²) in [6.45, 7) is 5.60. The largest absolute Gasteiger partial charge is 0.341 e. The Labute approximate surface area is 147 Å². The molecule has 0 saturated carbocycles. The van der Waals surface area contributed by atoms with Gasteiger partial charge in [0, 0.05) is 31.6 Å². The summed E-state index contributed by atoms with van der Waals surface area (Å²) in [7, 11) is 0. The molecule has 3 rings (SSSR count). The molecule has 0 aromatic carbocycles. The number of nitrogens with one attached hydrogen (secondary N) is 1. The Bertz CT molecular complexity index is 331. The molecule has 6 heteroatoms. The van der Waals surface area contributed by atoms with E-state index in [1.54, 1.807) is 0 Å². The van der Waals surface area contributed by atoms with Crippen molar-refractivity contribution in [1.82, 2.24) is 15.1 Å². The van der Waals surface area contributed by atoms with Crippen molar-refractivity contribution in [3.05, 3.63) is 0 Å². The second kappa shape index (κ2) is 9.96. The number of nitrogens with zero attached hydrogens (tertiary/aromatic N) is 2. The maximum Gasteiger partial charge on any atom is 0.222 e. The summed E-state index contributed by atoms with van der Waals surface area (Å²) < 4.78 is 0. The third kappa shape index (κ3) is 5.26. The number of halogens is 2. The van der Waals surface area contributed by atoms with Crippen LogP contribution >= 0.6 is 24.8 Å². The summed E-state index contributed by atoms with van der Waals surface area (Å²) >= 11 is 0. The van der Waals surface area contributed by atoms with Gasteiger partial charge in [-0.05, 0) is 58.2 Å². The fourth-order valence-electron chi connectivity index (χ4n) is 4.01. The van der Waals surface area contributed by atoms with E-state index in [1.807, 2.05) is 0 Å². The van der Waals surface area contributed by atoms with E-state index in [9.17, 15) is 4.79 Å². The van der Waals surface area contributed by atoms with Gasteiger partial charge in [-0.15, -0.1) is 24.8 Å². The van der Waals surface area contributed by atoms with Crippen molar-refractivity contribution in [2.24, 2.45) is 0 Å². The lowest BCUT2D eigenvalue weighted by atomic mass is 10.1. The topological polar surface area (TPSA) is 35.6 Å². The first-order chi connectivity index (χ1) is 9.83. The molecule has 0 aliphatic carbocycles. The van der Waals surface area contributed by atoms with E-state index in [2.05, 4.69) is 15.1 Å². The minimum atomic E-state index is 0. The molecule has 1 N–H and O–H groups in total. The van der Waals surface area contributed by atoms with Gasteiger partial charge in [0.2, 0.25) is 5.91 Å². The van der Waals surface area contributed by atoms with Gasteiger partial charge in [0.05, 0.1) is 0 Å². The van der Waals surface area contributed by atoms with Crippen molar-refractivity contribution in [2.75, 3.05) is 32.7 Å². The van der Waals surface area contributed by atoms with Gasteiger partial charge in [0.15, 0.2) is 0 Å². The molecule has 130 valence electrons. The van der Waals surface area contributed by atoms with Crippen LogP contribution in [0.2, 0.25) is 0 Å². The van der Waals surface area contributed by atoms with Crippen LogP contribution in [0.4, 0.5) is 0 Å². The van der Waals surface area contributed by atoms with Crippen molar-refractivity contribution >= 4 is 30.7 Å². The molecule has 1 amide bonds. The zero-order valence-corrected chi connectivity index (χ0v) is 15.1. The minimum Gasteiger partial charge on any atom is -0.341 e. The highest BCUT2D eigenvalue weighted by Gasteiger charge is 2.30. The maximum absolute atomic E-state index is 12.3. The fourth-order valence-corrected chi connectivity index (χ4v) is 4.01. The molecular formula is C16H31Cl2N3O. The molecular weight excluding hydrogens is 321 g/mol. The molecule has 0 aromatic rings. The van der Waals surface area contributed by atoms with Gasteiger partial charge < -0.3 is 10.2 Å². The molecule has 0 aromatic heterocycles. The average molecular weight is 352 g/mol. The number of piperidine rings is 1. The number of carbonyl (C=O) groups excluding carboxylic acids is 1. The Hall–Kier alpha value is -0.0300. The number of rotatable bonds is 4. The highest BCUT2D eigenvalue weighted by molar-refractivity contribution is 5.85. The summed E-state index contributed by atoms with van der Waals surface area (Å²) in [6.07, 6.45) is 9.57. The molecule has 22 heavy (non-hydrogen) atoms. The van der Waals surface area contributed by atoms with Gasteiger partial charge in [-0.3, -0.25) is 9.69 Å². The molecule has 3 fully saturated rings. The Morgan fingerprint density at radius 1 is 1.00 bits per heavy atom. The average Bonchev–Trinajstić information content (AvgIpc) is 3.17. The SMILES string of the molecule is Cl.Cl.O=C(CCC1CCCN1)N1CCC(N2CCCCC2)C1. The lowest BCUT2D eigenvalue weighted by Gasteiger charge is -2.32. The number of amides is 1. The summed E-state index contributed by atoms with van der Waals surface area (Å²) in [5.41, 5.74) is 0. The third-order valence-electron chi connectivity index (χ3n) is 5.29. The quantitative estimate of drug-likeness (QED) is 0.844. The monoisotopic (exact) mass is 351 g/mol. The van der Waals surface area contributed by atoms with E-state index in [0.29, 0.717) is 18.0 Å². The Morgan fingerprint density at radius 2 is 1.77 bits per heavy atom. The van der Waals surface area contributed by atoms with Crippen LogP contribution in [0, 0.1) is 0 Å². The van der Waals surface area contributed by atoms with Crippen LogP contribution in [0.1, 0.15) is 51.4 Å². The maximum atomic E-state index is 12.3. The summed E-state index contributed by atoms with van der Waals surface area (Å²) in [5.74, 6) is 0.387. The smallest absolute Gasteiger partial charge is 0.222 e. The van der Waals surface area contributed by atoms with Gasteiger partial charge in [0.1, 0.15) is 0 Å². The van der Waals surface area contributed by atoms with E-state index >= 15 is 0 Å². The predicted octanol–water partition coefficient (Wildman–Crippen LogP) is 2.45. The van der Waals surface area contributed by atoms with Gasteiger partial charge in [0.25, 0.3) is 0 Å². The Morgan fingerprint density at radius 3 is 2.45 bits per heavy atom. The van der Waals surface area contributed by atoms with Crippen molar-refractivity contribution < 1.29 is 4.79 Å². The highest BCUT2D eigenvalue weighted by Crippen LogP contribution is 2.21. The zero-order chi connectivity index (χ0) is 13.8. The van der Waals surface area contributed by atoms with E-state index < -0.39 is 0 Å². The van der Waals surface area contributed by atoms with Gasteiger partial charge in [-0.2, -0.15) is 0 Å². The molecule has 2 unspecified atom stereocenters. The van der Waals surface area contributed by atoms with Crippen molar-refractivity contribution in [3.63, 3.8) is 0 Å². The van der Waals surface area contributed by atoms with Crippen LogP contribution in [0.15, 0.2) is 0 Å². The molecule has 3 saturated heterocycles. The van der Waals surface area contributed by atoms with E-state index in [-0.39, 0.29) is 24.8 Å². The second-order valence-electron chi connectivity index (χ2n) is 6.71. The first-order valence-corrected chi connectivity index (χ1v) is 8.58. The summed E-state index contributed by atoms with van der Waals surface area (Å²) in [6, 6.07) is 1.24. The predicted molar refractivity (Wildman–Crippen MR) is 95.2 cm³/mol. The number of hydrogen-bond donors (Lipinski definition) is 1. The summed E-state index contributed by atoms with van der Waals surface area (Å²) in [4.78, 5) is 17.0. The first kappa shape index (κ1) is 20.0. The van der Waals surface area contributed by atoms with E-state index in [4.69, 9.17) is 0 Å². The number of hydrogen-bond acceptors (Lipinski definition) is 3. The lowest BCUT2D eigenvalue weighted by molar-refractivity contribution is -0.130. The van der Waals surface area contributed by atoms with Gasteiger partial charge in [-0.1, -0.05) is 6.42 Å². The molecule has 3 aliphatic heterocycles. The van der Waals surface area contributed by atoms with Crippen molar-refractivity contribution in [1.29, 1.82) is 0 Å². The van der Waals surface area contributed by atoms with Crippen molar-refractivity contribution in [3.8, 4) is 0 Å². The highest BCUT2D eigenvalue weighted by atomic mass is 35.5. The number of carbonyl (C=O) groups is 1. The van der Waals surface area contributed by atoms with Crippen LogP contribution in [0.25, 0.3) is 0 Å². The first-order valence-electron chi connectivity index (χ1n) is 8.58. The molecule has 2 atom stereocenters. The Balaban J connectivity index is 0.00000121.